The van der Waals surface area contributed by atoms with Crippen LogP contribution < -0.4 is 4.72 Å². The van der Waals surface area contributed by atoms with Crippen LogP contribution >= 0.6 is 34.5 Å². The van der Waals surface area contributed by atoms with Crippen LogP contribution in [0.4, 0.5) is 0 Å². The Morgan fingerprint density at radius 2 is 1.58 bits per heavy atom. The number of hydrogen-bond donors (Lipinski definition) is 1. The molecule has 0 unspecified atom stereocenters. The van der Waals surface area contributed by atoms with Crippen LogP contribution in [0.2, 0.25) is 10.0 Å². The largest absolute Gasteiger partial charge is 0.329 e. The summed E-state index contributed by atoms with van der Waals surface area (Å²) in [6, 6.07) is 21.5. The predicted octanol–water partition coefficient (Wildman–Crippen LogP) is 5.79. The smallest absolute Gasteiger partial charge is 0.273 e. The minimum Gasteiger partial charge on any atom is -0.329 e. The molecule has 10 heteroatoms. The number of hydrogen-bond acceptors (Lipinski definition) is 5. The Kier molecular flexibility index (Phi) is 8.43. The van der Waals surface area contributed by atoms with E-state index in [0.29, 0.717) is 34.3 Å². The lowest BCUT2D eigenvalue weighted by Crippen LogP contribution is -2.30. The van der Waals surface area contributed by atoms with Gasteiger partial charge in [0.05, 0.1) is 9.90 Å². The SMILES string of the molecule is CNS(=O)(=O)c1cccc(CN(Cc2ccccc2)C(=O)c2csc(Cc3c(Cl)cccc3Cl)n2)c1. The highest BCUT2D eigenvalue weighted by atomic mass is 35.5. The Bertz CT molecular complexity index is 1450. The van der Waals surface area contributed by atoms with Crippen molar-refractivity contribution in [3.05, 3.63) is 116 Å². The van der Waals surface area contributed by atoms with E-state index in [1.807, 2.05) is 30.3 Å². The summed E-state index contributed by atoms with van der Waals surface area (Å²) in [5.74, 6) is -0.256. The van der Waals surface area contributed by atoms with Crippen molar-refractivity contribution in [2.45, 2.75) is 24.4 Å². The molecule has 6 nitrogen and oxygen atoms in total. The zero-order valence-corrected chi connectivity index (χ0v) is 22.5. The molecule has 1 amide bonds. The predicted molar refractivity (Wildman–Crippen MR) is 144 cm³/mol. The molecule has 0 aliphatic carbocycles. The number of thiazole rings is 1. The molecule has 1 heterocycles. The van der Waals surface area contributed by atoms with E-state index < -0.39 is 10.0 Å². The van der Waals surface area contributed by atoms with Crippen molar-refractivity contribution in [1.82, 2.24) is 14.6 Å². The third-order valence-electron chi connectivity index (χ3n) is 5.51. The lowest BCUT2D eigenvalue weighted by atomic mass is 10.1. The molecule has 4 aromatic rings. The number of carbonyl (C=O) groups excluding carboxylic acids is 1. The van der Waals surface area contributed by atoms with Crippen molar-refractivity contribution in [1.29, 1.82) is 0 Å². The molecule has 0 radical (unpaired) electrons. The summed E-state index contributed by atoms with van der Waals surface area (Å²) in [7, 11) is -2.24. The molecule has 0 aliphatic rings. The average molecular weight is 561 g/mol. The topological polar surface area (TPSA) is 79.4 Å². The van der Waals surface area contributed by atoms with Gasteiger partial charge in [-0.05, 0) is 48.0 Å². The zero-order chi connectivity index (χ0) is 25.7. The first kappa shape index (κ1) is 26.3. The maximum atomic E-state index is 13.6. The summed E-state index contributed by atoms with van der Waals surface area (Å²) in [5, 5.41) is 3.54. The van der Waals surface area contributed by atoms with Gasteiger partial charge < -0.3 is 4.90 Å². The first-order chi connectivity index (χ1) is 17.3. The lowest BCUT2D eigenvalue weighted by Gasteiger charge is -2.22. The van der Waals surface area contributed by atoms with Crippen molar-refractivity contribution < 1.29 is 13.2 Å². The number of amides is 1. The van der Waals surface area contributed by atoms with Crippen LogP contribution in [-0.2, 0) is 29.5 Å². The monoisotopic (exact) mass is 559 g/mol. The second-order valence-electron chi connectivity index (χ2n) is 8.01. The van der Waals surface area contributed by atoms with E-state index >= 15 is 0 Å². The van der Waals surface area contributed by atoms with Gasteiger partial charge in [-0.15, -0.1) is 11.3 Å². The highest BCUT2D eigenvalue weighted by Gasteiger charge is 2.21. The fourth-order valence-electron chi connectivity index (χ4n) is 3.66. The first-order valence-electron chi connectivity index (χ1n) is 11.0. The molecule has 186 valence electrons. The number of rotatable bonds is 9. The Labute approximate surface area is 224 Å². The summed E-state index contributed by atoms with van der Waals surface area (Å²) in [6.07, 6.45) is 0.416. The Hall–Kier alpha value is -2.75. The summed E-state index contributed by atoms with van der Waals surface area (Å²) in [6.45, 7) is 0.551. The van der Waals surface area contributed by atoms with E-state index in [-0.39, 0.29) is 17.3 Å². The molecule has 0 saturated carbocycles. The number of carbonyl (C=O) groups is 1. The molecule has 0 saturated heterocycles. The van der Waals surface area contributed by atoms with Gasteiger partial charge in [-0.3, -0.25) is 4.79 Å². The maximum Gasteiger partial charge on any atom is 0.273 e. The molecule has 0 atom stereocenters. The van der Waals surface area contributed by atoms with Gasteiger partial charge in [-0.2, -0.15) is 0 Å². The summed E-state index contributed by atoms with van der Waals surface area (Å²) in [4.78, 5) is 19.9. The van der Waals surface area contributed by atoms with Gasteiger partial charge in [0.25, 0.3) is 5.91 Å². The van der Waals surface area contributed by atoms with Gasteiger partial charge in [0, 0.05) is 34.9 Å². The number of aromatic nitrogens is 1. The van der Waals surface area contributed by atoms with E-state index in [0.717, 1.165) is 16.1 Å². The van der Waals surface area contributed by atoms with E-state index in [1.54, 1.807) is 46.7 Å². The minimum atomic E-state index is -3.61. The van der Waals surface area contributed by atoms with Crippen LogP contribution in [0.3, 0.4) is 0 Å². The molecule has 4 rings (SSSR count). The number of benzene rings is 3. The zero-order valence-electron chi connectivity index (χ0n) is 19.3. The van der Waals surface area contributed by atoms with Crippen molar-refractivity contribution in [3.63, 3.8) is 0 Å². The van der Waals surface area contributed by atoms with Gasteiger partial charge in [0.2, 0.25) is 10.0 Å². The number of nitrogens with zero attached hydrogens (tertiary/aromatic N) is 2. The fourth-order valence-corrected chi connectivity index (χ4v) is 5.77. The molecular formula is C26H23Cl2N3O3S2. The highest BCUT2D eigenvalue weighted by molar-refractivity contribution is 7.89. The fraction of sp³-hybridized carbons (Fsp3) is 0.154. The van der Waals surface area contributed by atoms with Crippen molar-refractivity contribution in [2.75, 3.05) is 7.05 Å². The Morgan fingerprint density at radius 1 is 0.944 bits per heavy atom. The lowest BCUT2D eigenvalue weighted by molar-refractivity contribution is 0.0724. The van der Waals surface area contributed by atoms with Crippen LogP contribution in [0.25, 0.3) is 0 Å². The molecule has 36 heavy (non-hydrogen) atoms. The molecule has 3 aromatic carbocycles. The van der Waals surface area contributed by atoms with E-state index in [4.69, 9.17) is 23.2 Å². The molecule has 1 aromatic heterocycles. The van der Waals surface area contributed by atoms with Crippen molar-refractivity contribution in [3.8, 4) is 0 Å². The maximum absolute atomic E-state index is 13.6. The normalized spacial score (nSPS) is 11.4. The standard InChI is InChI=1S/C26H23Cl2N3O3S2/c1-29-36(33,34)20-10-5-9-19(13-20)16-31(15-18-7-3-2-4-8-18)26(32)24-17-35-25(30-24)14-21-22(27)11-6-12-23(21)28/h2-13,17,29H,14-16H2,1H3. The summed E-state index contributed by atoms with van der Waals surface area (Å²) < 4.78 is 26.9. The molecule has 0 spiro atoms. The second-order valence-corrected chi connectivity index (χ2v) is 11.6. The van der Waals surface area contributed by atoms with Crippen LogP contribution in [0.5, 0.6) is 0 Å². The van der Waals surface area contributed by atoms with Crippen LogP contribution in [0.15, 0.2) is 83.1 Å². The number of nitrogens with one attached hydrogen (secondary N) is 1. The molecule has 0 bridgehead atoms. The highest BCUT2D eigenvalue weighted by Crippen LogP contribution is 2.28. The molecule has 0 aliphatic heterocycles. The Morgan fingerprint density at radius 3 is 2.28 bits per heavy atom. The van der Waals surface area contributed by atoms with Gasteiger partial charge in [0.1, 0.15) is 5.69 Å². The second kappa shape index (κ2) is 11.5. The van der Waals surface area contributed by atoms with Crippen LogP contribution in [0.1, 0.15) is 32.2 Å². The third kappa shape index (κ3) is 6.32. The van der Waals surface area contributed by atoms with Gasteiger partial charge in [-0.1, -0.05) is 71.7 Å². The van der Waals surface area contributed by atoms with Crippen molar-refractivity contribution >= 4 is 50.5 Å². The summed E-state index contributed by atoms with van der Waals surface area (Å²) in [5.41, 5.74) is 2.71. The number of sulfonamides is 1. The molecule has 1 N–H and O–H groups in total. The molecule has 0 fully saturated rings. The minimum absolute atomic E-state index is 0.141. The third-order valence-corrected chi connectivity index (χ3v) is 8.48. The first-order valence-corrected chi connectivity index (χ1v) is 14.1. The van der Waals surface area contributed by atoms with Gasteiger partial charge >= 0.3 is 0 Å². The quantitative estimate of drug-likeness (QED) is 0.281. The van der Waals surface area contributed by atoms with Crippen LogP contribution in [-0.4, -0.2) is 31.3 Å². The average Bonchev–Trinajstić information content (AvgIpc) is 3.35. The van der Waals surface area contributed by atoms with E-state index in [1.165, 1.54) is 24.5 Å². The van der Waals surface area contributed by atoms with Crippen LogP contribution in [0, 0.1) is 0 Å². The Balaban J connectivity index is 1.61. The van der Waals surface area contributed by atoms with E-state index in [9.17, 15) is 13.2 Å². The number of halogens is 2. The van der Waals surface area contributed by atoms with E-state index in [2.05, 4.69) is 9.71 Å². The molecular weight excluding hydrogens is 537 g/mol. The van der Waals surface area contributed by atoms with Gasteiger partial charge in [-0.25, -0.2) is 18.1 Å². The summed E-state index contributed by atoms with van der Waals surface area (Å²) >= 11 is 14.0. The van der Waals surface area contributed by atoms with Crippen molar-refractivity contribution in [2.24, 2.45) is 0 Å². The van der Waals surface area contributed by atoms with Gasteiger partial charge in [0.15, 0.2) is 0 Å².